The van der Waals surface area contributed by atoms with Gasteiger partial charge in [0.15, 0.2) is 0 Å². The van der Waals surface area contributed by atoms with E-state index >= 15 is 0 Å². The highest BCUT2D eigenvalue weighted by atomic mass is 32.2. The van der Waals surface area contributed by atoms with Crippen LogP contribution in [0.4, 0.5) is 5.69 Å². The molecule has 0 bridgehead atoms. The number of thioether (sulfide) groups is 1. The third-order valence-corrected chi connectivity index (χ3v) is 4.02. The van der Waals surface area contributed by atoms with Crippen molar-refractivity contribution >= 4 is 23.4 Å². The minimum Gasteiger partial charge on any atom is -0.325 e. The van der Waals surface area contributed by atoms with Crippen LogP contribution in [-0.4, -0.2) is 41.9 Å². The molecular formula is C14H17N3OS. The van der Waals surface area contributed by atoms with E-state index in [2.05, 4.69) is 16.3 Å². The molecule has 2 rings (SSSR count). The van der Waals surface area contributed by atoms with Gasteiger partial charge in [0.05, 0.1) is 11.3 Å². The summed E-state index contributed by atoms with van der Waals surface area (Å²) in [6.07, 6.45) is 0.477. The van der Waals surface area contributed by atoms with Gasteiger partial charge in [-0.25, -0.2) is 0 Å². The molecule has 1 fully saturated rings. The third-order valence-electron chi connectivity index (χ3n) is 3.08. The molecule has 19 heavy (non-hydrogen) atoms. The first-order valence-electron chi connectivity index (χ1n) is 6.38. The van der Waals surface area contributed by atoms with E-state index in [9.17, 15) is 4.79 Å². The summed E-state index contributed by atoms with van der Waals surface area (Å²) >= 11 is 1.96. The van der Waals surface area contributed by atoms with Crippen LogP contribution in [0.3, 0.4) is 0 Å². The lowest BCUT2D eigenvalue weighted by Crippen LogP contribution is -2.35. The Balaban J connectivity index is 1.82. The fourth-order valence-corrected chi connectivity index (χ4v) is 2.97. The van der Waals surface area contributed by atoms with E-state index in [-0.39, 0.29) is 5.91 Å². The van der Waals surface area contributed by atoms with Crippen molar-refractivity contribution in [2.24, 2.45) is 0 Å². The molecule has 1 amide bonds. The summed E-state index contributed by atoms with van der Waals surface area (Å²) in [6, 6.07) is 9.15. The van der Waals surface area contributed by atoms with Gasteiger partial charge in [0, 0.05) is 37.6 Å². The van der Waals surface area contributed by atoms with Crippen molar-refractivity contribution in [3.05, 3.63) is 29.8 Å². The van der Waals surface area contributed by atoms with Gasteiger partial charge in [0.1, 0.15) is 6.07 Å². The lowest BCUT2D eigenvalue weighted by molar-refractivity contribution is -0.116. The molecule has 0 radical (unpaired) electrons. The first-order chi connectivity index (χ1) is 9.29. The molecule has 1 heterocycles. The Morgan fingerprint density at radius 3 is 2.84 bits per heavy atom. The number of amides is 1. The van der Waals surface area contributed by atoms with Crippen molar-refractivity contribution in [3.63, 3.8) is 0 Å². The summed E-state index contributed by atoms with van der Waals surface area (Å²) in [7, 11) is 0. The van der Waals surface area contributed by atoms with Crippen molar-refractivity contribution in [2.75, 3.05) is 36.5 Å². The summed E-state index contributed by atoms with van der Waals surface area (Å²) in [4.78, 5) is 14.2. The number of nitriles is 1. The number of rotatable bonds is 4. The number of hydrogen-bond donors (Lipinski definition) is 1. The third kappa shape index (κ3) is 4.27. The minimum absolute atomic E-state index is 0.0269. The normalized spacial score (nSPS) is 15.7. The molecule has 0 unspecified atom stereocenters. The molecular weight excluding hydrogens is 258 g/mol. The number of carbonyl (C=O) groups excluding carboxylic acids is 1. The van der Waals surface area contributed by atoms with E-state index in [0.29, 0.717) is 17.7 Å². The summed E-state index contributed by atoms with van der Waals surface area (Å²) < 4.78 is 0. The molecule has 0 spiro atoms. The molecule has 1 saturated heterocycles. The van der Waals surface area contributed by atoms with Crippen LogP contribution in [0.2, 0.25) is 0 Å². The molecule has 1 N–H and O–H groups in total. The topological polar surface area (TPSA) is 56.1 Å². The first-order valence-corrected chi connectivity index (χ1v) is 7.54. The molecule has 4 nitrogen and oxygen atoms in total. The molecule has 0 aromatic heterocycles. The van der Waals surface area contributed by atoms with Crippen LogP contribution in [0.5, 0.6) is 0 Å². The molecule has 0 aliphatic carbocycles. The fraction of sp³-hybridized carbons (Fsp3) is 0.429. The molecule has 0 saturated carbocycles. The van der Waals surface area contributed by atoms with Gasteiger partial charge >= 0.3 is 0 Å². The van der Waals surface area contributed by atoms with Crippen molar-refractivity contribution in [3.8, 4) is 6.07 Å². The number of benzene rings is 1. The summed E-state index contributed by atoms with van der Waals surface area (Å²) in [5.41, 5.74) is 1.11. The van der Waals surface area contributed by atoms with Gasteiger partial charge in [-0.05, 0) is 12.1 Å². The van der Waals surface area contributed by atoms with Gasteiger partial charge in [-0.15, -0.1) is 0 Å². The second-order valence-corrected chi connectivity index (χ2v) is 5.63. The Kier molecular flexibility index (Phi) is 5.25. The van der Waals surface area contributed by atoms with Crippen LogP contribution in [-0.2, 0) is 4.79 Å². The Hall–Kier alpha value is -1.51. The van der Waals surface area contributed by atoms with Crippen LogP contribution in [0.25, 0.3) is 0 Å². The van der Waals surface area contributed by atoms with Crippen molar-refractivity contribution in [1.29, 1.82) is 5.26 Å². The van der Waals surface area contributed by atoms with E-state index in [4.69, 9.17) is 5.26 Å². The number of para-hydroxylation sites is 1. The zero-order chi connectivity index (χ0) is 13.5. The maximum Gasteiger partial charge on any atom is 0.225 e. The van der Waals surface area contributed by atoms with Crippen LogP contribution in [0, 0.1) is 11.3 Å². The average Bonchev–Trinajstić information content (AvgIpc) is 2.47. The van der Waals surface area contributed by atoms with Gasteiger partial charge in [-0.2, -0.15) is 17.0 Å². The van der Waals surface area contributed by atoms with Gasteiger partial charge in [0.2, 0.25) is 5.91 Å². The number of anilines is 1. The maximum atomic E-state index is 11.9. The highest BCUT2D eigenvalue weighted by molar-refractivity contribution is 7.99. The summed E-state index contributed by atoms with van der Waals surface area (Å²) in [5, 5.41) is 11.8. The summed E-state index contributed by atoms with van der Waals surface area (Å²) in [5.74, 6) is 2.28. The first kappa shape index (κ1) is 13.9. The second-order valence-electron chi connectivity index (χ2n) is 4.41. The van der Waals surface area contributed by atoms with E-state index < -0.39 is 0 Å². The number of nitrogens with zero attached hydrogens (tertiary/aromatic N) is 2. The Labute approximate surface area is 117 Å². The molecule has 1 aromatic rings. The van der Waals surface area contributed by atoms with Crippen LogP contribution >= 0.6 is 11.8 Å². The largest absolute Gasteiger partial charge is 0.325 e. The summed E-state index contributed by atoms with van der Waals surface area (Å²) in [6.45, 7) is 2.92. The fourth-order valence-electron chi connectivity index (χ4n) is 1.99. The van der Waals surface area contributed by atoms with Gasteiger partial charge in [-0.1, -0.05) is 12.1 Å². The maximum absolute atomic E-state index is 11.9. The van der Waals surface area contributed by atoms with Gasteiger partial charge in [-0.3, -0.25) is 4.79 Å². The minimum atomic E-state index is -0.0269. The standard InChI is InChI=1S/C14H17N3OS/c15-11-12-3-1-2-4-13(12)16-14(18)5-6-17-7-9-19-10-8-17/h1-4H,5-10H2,(H,16,18). The quantitative estimate of drug-likeness (QED) is 0.912. The molecule has 0 atom stereocenters. The number of hydrogen-bond acceptors (Lipinski definition) is 4. The van der Waals surface area contributed by atoms with Crippen LogP contribution < -0.4 is 5.32 Å². The lowest BCUT2D eigenvalue weighted by atomic mass is 10.2. The predicted molar refractivity (Wildman–Crippen MR) is 78.2 cm³/mol. The number of nitrogens with one attached hydrogen (secondary N) is 1. The Morgan fingerprint density at radius 2 is 2.11 bits per heavy atom. The SMILES string of the molecule is N#Cc1ccccc1NC(=O)CCN1CCSCC1. The Morgan fingerprint density at radius 1 is 1.37 bits per heavy atom. The van der Waals surface area contributed by atoms with E-state index in [1.807, 2.05) is 17.8 Å². The van der Waals surface area contributed by atoms with Crippen LogP contribution in [0.1, 0.15) is 12.0 Å². The highest BCUT2D eigenvalue weighted by Crippen LogP contribution is 2.14. The Bertz CT molecular complexity index is 478. The lowest BCUT2D eigenvalue weighted by Gasteiger charge is -2.25. The molecule has 100 valence electrons. The van der Waals surface area contributed by atoms with E-state index in [1.54, 1.807) is 18.2 Å². The zero-order valence-corrected chi connectivity index (χ0v) is 11.6. The predicted octanol–water partition coefficient (Wildman–Crippen LogP) is 1.94. The highest BCUT2D eigenvalue weighted by Gasteiger charge is 2.12. The average molecular weight is 275 g/mol. The van der Waals surface area contributed by atoms with Crippen molar-refractivity contribution < 1.29 is 4.79 Å². The number of carbonyl (C=O) groups is 1. The zero-order valence-electron chi connectivity index (χ0n) is 10.8. The molecule has 1 aliphatic heterocycles. The van der Waals surface area contributed by atoms with E-state index in [0.717, 1.165) is 31.1 Å². The smallest absolute Gasteiger partial charge is 0.225 e. The second kappa shape index (κ2) is 7.17. The van der Waals surface area contributed by atoms with Crippen LogP contribution in [0.15, 0.2) is 24.3 Å². The van der Waals surface area contributed by atoms with Crippen molar-refractivity contribution in [2.45, 2.75) is 6.42 Å². The van der Waals surface area contributed by atoms with Gasteiger partial charge < -0.3 is 10.2 Å². The molecule has 1 aromatic carbocycles. The molecule has 5 heteroatoms. The molecule has 1 aliphatic rings. The van der Waals surface area contributed by atoms with E-state index in [1.165, 1.54) is 0 Å². The van der Waals surface area contributed by atoms with Crippen molar-refractivity contribution in [1.82, 2.24) is 4.90 Å². The monoisotopic (exact) mass is 275 g/mol. The van der Waals surface area contributed by atoms with Gasteiger partial charge in [0.25, 0.3) is 0 Å².